The summed E-state index contributed by atoms with van der Waals surface area (Å²) in [7, 11) is 0. The van der Waals surface area contributed by atoms with Gasteiger partial charge < -0.3 is 11.5 Å². The molecule has 1 unspecified atom stereocenters. The summed E-state index contributed by atoms with van der Waals surface area (Å²) in [6.45, 7) is 8.57. The summed E-state index contributed by atoms with van der Waals surface area (Å²) in [6.07, 6.45) is 0.756. The van der Waals surface area contributed by atoms with Gasteiger partial charge in [-0.05, 0) is 25.7 Å². The van der Waals surface area contributed by atoms with Gasteiger partial charge in [0.05, 0.1) is 5.92 Å². The van der Waals surface area contributed by atoms with Gasteiger partial charge in [-0.3, -0.25) is 8.32 Å². The second-order valence-electron chi connectivity index (χ2n) is 5.45. The number of hydrogen-bond acceptors (Lipinski definition) is 3. The van der Waals surface area contributed by atoms with Crippen LogP contribution in [0.3, 0.4) is 0 Å². The van der Waals surface area contributed by atoms with Crippen LogP contribution in [0.15, 0.2) is 0 Å². The highest BCUT2D eigenvalue weighted by Crippen LogP contribution is 2.34. The molecule has 0 saturated heterocycles. The molecule has 90 valence electrons. The van der Waals surface area contributed by atoms with Gasteiger partial charge in [0.2, 0.25) is 5.91 Å². The molecule has 0 fully saturated rings. The Labute approximate surface area is 106 Å². The average molecular weight is 327 g/mol. The first-order valence-corrected chi connectivity index (χ1v) is 6.10. The summed E-state index contributed by atoms with van der Waals surface area (Å²) >= 11 is 2.02. The molecule has 5 N–H and O–H groups in total. The van der Waals surface area contributed by atoms with Crippen LogP contribution in [0.1, 0.15) is 34.1 Å². The molecule has 15 heavy (non-hydrogen) atoms. The molecule has 0 aliphatic rings. The van der Waals surface area contributed by atoms with Crippen LogP contribution >= 0.6 is 22.9 Å². The van der Waals surface area contributed by atoms with Gasteiger partial charge in [-0.2, -0.15) is 0 Å². The van der Waals surface area contributed by atoms with E-state index < -0.39 is 0 Å². The van der Waals surface area contributed by atoms with Crippen molar-refractivity contribution < 1.29 is 4.79 Å². The standard InChI is InChI=1S/C10H22IN3O/c1-9(2,6-10(3,4)13)7(5-14-11)8(12)15/h7,14H,5-6,13H2,1-4H3,(H2,12,15). The van der Waals surface area contributed by atoms with Gasteiger partial charge in [-0.25, -0.2) is 0 Å². The molecule has 1 amide bonds. The number of primary amides is 1. The van der Waals surface area contributed by atoms with Gasteiger partial charge in [-0.1, -0.05) is 13.8 Å². The predicted octanol–water partition coefficient (Wildman–Crippen LogP) is 1.18. The summed E-state index contributed by atoms with van der Waals surface area (Å²) in [4.78, 5) is 11.4. The van der Waals surface area contributed by atoms with E-state index in [1.807, 2.05) is 50.6 Å². The number of carbonyl (C=O) groups is 1. The monoisotopic (exact) mass is 327 g/mol. The van der Waals surface area contributed by atoms with Crippen molar-refractivity contribution in [2.45, 2.75) is 39.7 Å². The average Bonchev–Trinajstić information content (AvgIpc) is 1.93. The van der Waals surface area contributed by atoms with Crippen LogP contribution in [0, 0.1) is 11.3 Å². The van der Waals surface area contributed by atoms with Crippen LogP contribution < -0.4 is 15.0 Å². The SMILES string of the molecule is CC(C)(N)CC(C)(C)C(CNI)C(N)=O. The normalized spacial score (nSPS) is 15.1. The van der Waals surface area contributed by atoms with Gasteiger partial charge in [0, 0.05) is 34.9 Å². The number of carbonyl (C=O) groups excluding carboxylic acids is 1. The zero-order valence-corrected chi connectivity index (χ0v) is 12.1. The van der Waals surface area contributed by atoms with Crippen LogP contribution in [-0.4, -0.2) is 18.0 Å². The van der Waals surface area contributed by atoms with E-state index >= 15 is 0 Å². The first-order valence-electron chi connectivity index (χ1n) is 5.02. The summed E-state index contributed by atoms with van der Waals surface area (Å²) in [5.41, 5.74) is 10.9. The van der Waals surface area contributed by atoms with Crippen LogP contribution in [0.25, 0.3) is 0 Å². The molecule has 0 radical (unpaired) electrons. The third kappa shape index (κ3) is 5.67. The van der Waals surface area contributed by atoms with E-state index in [4.69, 9.17) is 11.5 Å². The Morgan fingerprint density at radius 2 is 1.87 bits per heavy atom. The molecule has 0 heterocycles. The van der Waals surface area contributed by atoms with Crippen molar-refractivity contribution in [1.29, 1.82) is 0 Å². The van der Waals surface area contributed by atoms with Gasteiger partial charge in [-0.15, -0.1) is 0 Å². The second kappa shape index (κ2) is 5.45. The number of hydrogen-bond donors (Lipinski definition) is 3. The summed E-state index contributed by atoms with van der Waals surface area (Å²) in [5, 5.41) is 0. The van der Waals surface area contributed by atoms with E-state index in [1.54, 1.807) is 0 Å². The van der Waals surface area contributed by atoms with Crippen molar-refractivity contribution in [3.63, 3.8) is 0 Å². The molecular formula is C10H22IN3O. The van der Waals surface area contributed by atoms with Crippen molar-refractivity contribution in [3.05, 3.63) is 0 Å². The van der Waals surface area contributed by atoms with Crippen LogP contribution in [-0.2, 0) is 4.79 Å². The lowest BCUT2D eigenvalue weighted by Crippen LogP contribution is -2.46. The number of rotatable bonds is 6. The molecule has 0 rings (SSSR count). The molecule has 0 bridgehead atoms. The fraction of sp³-hybridized carbons (Fsp3) is 0.900. The lowest BCUT2D eigenvalue weighted by atomic mass is 9.71. The topological polar surface area (TPSA) is 81.1 Å². The highest BCUT2D eigenvalue weighted by molar-refractivity contribution is 14.1. The van der Waals surface area contributed by atoms with Crippen molar-refractivity contribution in [1.82, 2.24) is 3.53 Å². The van der Waals surface area contributed by atoms with E-state index in [1.165, 1.54) is 0 Å². The van der Waals surface area contributed by atoms with Crippen molar-refractivity contribution in [3.8, 4) is 0 Å². The Bertz CT molecular complexity index is 223. The zero-order valence-electron chi connectivity index (χ0n) is 9.93. The van der Waals surface area contributed by atoms with Crippen molar-refractivity contribution in [2.75, 3.05) is 6.54 Å². The van der Waals surface area contributed by atoms with Crippen LogP contribution in [0.5, 0.6) is 0 Å². The van der Waals surface area contributed by atoms with E-state index in [0.29, 0.717) is 6.54 Å². The molecule has 0 aliphatic heterocycles. The van der Waals surface area contributed by atoms with Gasteiger partial charge in [0.1, 0.15) is 0 Å². The third-order valence-corrected chi connectivity index (χ3v) is 2.92. The van der Waals surface area contributed by atoms with E-state index in [2.05, 4.69) is 3.53 Å². The molecule has 0 spiro atoms. The minimum Gasteiger partial charge on any atom is -0.369 e. The van der Waals surface area contributed by atoms with Crippen LogP contribution in [0.2, 0.25) is 0 Å². The number of nitrogens with two attached hydrogens (primary N) is 2. The molecule has 0 aromatic carbocycles. The maximum atomic E-state index is 11.4. The lowest BCUT2D eigenvalue weighted by molar-refractivity contribution is -0.125. The van der Waals surface area contributed by atoms with E-state index in [-0.39, 0.29) is 22.8 Å². The van der Waals surface area contributed by atoms with E-state index in [9.17, 15) is 4.79 Å². The minimum absolute atomic E-state index is 0.192. The Kier molecular flexibility index (Phi) is 5.49. The summed E-state index contributed by atoms with van der Waals surface area (Å²) in [5.74, 6) is -0.467. The minimum atomic E-state index is -0.289. The Balaban J connectivity index is 4.71. The highest BCUT2D eigenvalue weighted by atomic mass is 127. The number of amides is 1. The van der Waals surface area contributed by atoms with Crippen molar-refractivity contribution >= 4 is 28.8 Å². The molecule has 4 nitrogen and oxygen atoms in total. The van der Waals surface area contributed by atoms with Gasteiger partial charge >= 0.3 is 0 Å². The first-order chi connectivity index (χ1) is 6.60. The van der Waals surface area contributed by atoms with Gasteiger partial charge in [0.25, 0.3) is 0 Å². The largest absolute Gasteiger partial charge is 0.369 e. The Hall–Kier alpha value is 0.120. The van der Waals surface area contributed by atoms with Crippen molar-refractivity contribution in [2.24, 2.45) is 22.8 Å². The Morgan fingerprint density at radius 3 is 2.13 bits per heavy atom. The fourth-order valence-electron chi connectivity index (χ4n) is 2.14. The third-order valence-electron chi connectivity index (χ3n) is 2.48. The zero-order chi connectivity index (χ0) is 12.3. The highest BCUT2D eigenvalue weighted by Gasteiger charge is 2.36. The number of nitrogens with one attached hydrogen (secondary N) is 1. The van der Waals surface area contributed by atoms with Crippen LogP contribution in [0.4, 0.5) is 0 Å². The first kappa shape index (κ1) is 15.1. The number of halogens is 1. The molecule has 5 heteroatoms. The van der Waals surface area contributed by atoms with Gasteiger partial charge in [0.15, 0.2) is 0 Å². The maximum absolute atomic E-state index is 11.4. The quantitative estimate of drug-likeness (QED) is 0.506. The second-order valence-corrected chi connectivity index (χ2v) is 6.21. The molecule has 0 saturated carbocycles. The summed E-state index contributed by atoms with van der Waals surface area (Å²) in [6, 6.07) is 0. The molecule has 0 aromatic heterocycles. The maximum Gasteiger partial charge on any atom is 0.222 e. The molecule has 0 aromatic rings. The lowest BCUT2D eigenvalue weighted by Gasteiger charge is -2.37. The molecule has 1 atom stereocenters. The molecule has 0 aliphatic carbocycles. The predicted molar refractivity (Wildman–Crippen MR) is 71.4 cm³/mol. The summed E-state index contributed by atoms with van der Waals surface area (Å²) < 4.78 is 2.97. The fourth-order valence-corrected chi connectivity index (χ4v) is 2.58. The smallest absolute Gasteiger partial charge is 0.222 e. The van der Waals surface area contributed by atoms with E-state index in [0.717, 1.165) is 6.42 Å². The molecular weight excluding hydrogens is 305 g/mol. The Morgan fingerprint density at radius 1 is 1.40 bits per heavy atom.